The molecule has 0 radical (unpaired) electrons. The maximum absolute atomic E-state index is 13.4. The summed E-state index contributed by atoms with van der Waals surface area (Å²) in [6, 6.07) is 6.85. The number of benzene rings is 2. The van der Waals surface area contributed by atoms with Crippen LogP contribution >= 0.6 is 11.6 Å². The molecule has 2 aromatic rings. The summed E-state index contributed by atoms with van der Waals surface area (Å²) in [6.07, 6.45) is 0.594. The molecule has 0 aliphatic rings. The number of hydrogen-bond acceptors (Lipinski definition) is 2. The topological polar surface area (TPSA) is 40.5 Å². The number of amides is 1. The van der Waals surface area contributed by atoms with Gasteiger partial charge in [-0.3, -0.25) is 4.79 Å². The van der Waals surface area contributed by atoms with E-state index >= 15 is 0 Å². The molecule has 0 spiro atoms. The van der Waals surface area contributed by atoms with Crippen LogP contribution in [0.4, 0.5) is 14.5 Å². The molecule has 0 aliphatic heterocycles. The lowest BCUT2D eigenvalue weighted by atomic mass is 10.1. The van der Waals surface area contributed by atoms with Crippen molar-refractivity contribution >= 4 is 23.2 Å². The number of phenolic OH excluding ortho intramolecular Hbond substituents is 1. The molecule has 0 aliphatic carbocycles. The van der Waals surface area contributed by atoms with E-state index in [4.69, 9.17) is 11.6 Å². The van der Waals surface area contributed by atoms with Gasteiger partial charge in [-0.15, -0.1) is 0 Å². The number of hydrogen-bond donors (Lipinski definition) is 1. The van der Waals surface area contributed by atoms with E-state index < -0.39 is 17.5 Å². The Morgan fingerprint density at radius 1 is 1.14 bits per heavy atom. The van der Waals surface area contributed by atoms with Gasteiger partial charge in [-0.2, -0.15) is 0 Å². The summed E-state index contributed by atoms with van der Waals surface area (Å²) in [4.78, 5) is 13.8. The Morgan fingerprint density at radius 2 is 1.77 bits per heavy atom. The largest absolute Gasteiger partial charge is 0.508 e. The maximum atomic E-state index is 13.4. The van der Waals surface area contributed by atoms with Crippen molar-refractivity contribution in [2.45, 2.75) is 13.3 Å². The first-order valence-corrected chi connectivity index (χ1v) is 7.06. The van der Waals surface area contributed by atoms with Gasteiger partial charge in [0.25, 0.3) is 5.91 Å². The Hall–Kier alpha value is -2.14. The molecular weight excluding hydrogens is 312 g/mol. The second kappa shape index (κ2) is 6.75. The third-order valence-corrected chi connectivity index (χ3v) is 3.20. The summed E-state index contributed by atoms with van der Waals surface area (Å²) >= 11 is 5.82. The fourth-order valence-corrected chi connectivity index (χ4v) is 2.35. The van der Waals surface area contributed by atoms with Crippen LogP contribution in [0.25, 0.3) is 0 Å². The molecule has 0 fully saturated rings. The van der Waals surface area contributed by atoms with E-state index in [0.29, 0.717) is 6.42 Å². The average molecular weight is 326 g/mol. The third-order valence-electron chi connectivity index (χ3n) is 2.98. The number of phenols is 1. The van der Waals surface area contributed by atoms with Gasteiger partial charge in [0.15, 0.2) is 0 Å². The van der Waals surface area contributed by atoms with E-state index in [9.17, 15) is 18.7 Å². The van der Waals surface area contributed by atoms with Crippen molar-refractivity contribution in [2.24, 2.45) is 0 Å². The van der Waals surface area contributed by atoms with Crippen LogP contribution in [0, 0.1) is 11.6 Å². The van der Waals surface area contributed by atoms with Crippen molar-refractivity contribution in [1.29, 1.82) is 0 Å². The average Bonchev–Trinajstić information content (AvgIpc) is 2.41. The monoisotopic (exact) mass is 325 g/mol. The van der Waals surface area contributed by atoms with Crippen LogP contribution in [0.3, 0.4) is 0 Å². The van der Waals surface area contributed by atoms with Crippen molar-refractivity contribution in [2.75, 3.05) is 11.4 Å². The fraction of sp³-hybridized carbons (Fsp3) is 0.188. The summed E-state index contributed by atoms with van der Waals surface area (Å²) in [7, 11) is 0. The highest BCUT2D eigenvalue weighted by Crippen LogP contribution is 2.24. The summed E-state index contributed by atoms with van der Waals surface area (Å²) < 4.78 is 26.8. The minimum absolute atomic E-state index is 0.115. The quantitative estimate of drug-likeness (QED) is 0.906. The highest BCUT2D eigenvalue weighted by molar-refractivity contribution is 6.31. The Kier molecular flexibility index (Phi) is 4.98. The molecule has 2 rings (SSSR count). The van der Waals surface area contributed by atoms with E-state index in [1.165, 1.54) is 23.1 Å². The zero-order valence-corrected chi connectivity index (χ0v) is 12.6. The standard InChI is InChI=1S/C16H14ClF2NO2/c1-2-3-20(14-8-12(18)7-13(19)9-14)16(22)10-4-11(17)6-15(21)5-10/h4-9,21H,2-3H2,1H3. The molecule has 0 saturated heterocycles. The molecule has 0 heterocycles. The fourth-order valence-electron chi connectivity index (χ4n) is 2.12. The van der Waals surface area contributed by atoms with Gasteiger partial charge in [0.05, 0.1) is 0 Å². The minimum atomic E-state index is -0.766. The molecular formula is C16H14ClF2NO2. The van der Waals surface area contributed by atoms with Crippen LogP contribution in [0.1, 0.15) is 23.7 Å². The van der Waals surface area contributed by atoms with Gasteiger partial charge in [0, 0.05) is 28.9 Å². The molecule has 1 N–H and O–H groups in total. The van der Waals surface area contributed by atoms with Gasteiger partial charge in [0.2, 0.25) is 0 Å². The Labute approximate surface area is 131 Å². The maximum Gasteiger partial charge on any atom is 0.258 e. The lowest BCUT2D eigenvalue weighted by molar-refractivity contribution is 0.0986. The summed E-state index contributed by atoms with van der Waals surface area (Å²) in [6.45, 7) is 2.11. The van der Waals surface area contributed by atoms with Gasteiger partial charge >= 0.3 is 0 Å². The SMILES string of the molecule is CCCN(C(=O)c1cc(O)cc(Cl)c1)c1cc(F)cc(F)c1. The molecule has 2 aromatic carbocycles. The Morgan fingerprint density at radius 3 is 2.32 bits per heavy atom. The number of nitrogens with zero attached hydrogens (tertiary/aromatic N) is 1. The van der Waals surface area contributed by atoms with Crippen molar-refractivity contribution < 1.29 is 18.7 Å². The summed E-state index contributed by atoms with van der Waals surface area (Å²) in [5, 5.41) is 9.74. The van der Waals surface area contributed by atoms with Crippen LogP contribution in [0.15, 0.2) is 36.4 Å². The number of aromatic hydroxyl groups is 1. The van der Waals surface area contributed by atoms with Gasteiger partial charge in [0.1, 0.15) is 17.4 Å². The van der Waals surface area contributed by atoms with E-state index in [-0.39, 0.29) is 28.6 Å². The lowest BCUT2D eigenvalue weighted by Gasteiger charge is -2.22. The van der Waals surface area contributed by atoms with Crippen LogP contribution in [0.5, 0.6) is 5.75 Å². The van der Waals surface area contributed by atoms with Gasteiger partial charge in [-0.25, -0.2) is 8.78 Å². The third kappa shape index (κ3) is 3.74. The van der Waals surface area contributed by atoms with Crippen LogP contribution in [-0.2, 0) is 0 Å². The number of rotatable bonds is 4. The Balaban J connectivity index is 2.44. The predicted molar refractivity (Wildman–Crippen MR) is 81.4 cm³/mol. The predicted octanol–water partition coefficient (Wildman–Crippen LogP) is 4.38. The molecule has 0 aromatic heterocycles. The summed E-state index contributed by atoms with van der Waals surface area (Å²) in [5.41, 5.74) is 0.256. The molecule has 0 unspecified atom stereocenters. The molecule has 0 saturated carbocycles. The van der Waals surface area contributed by atoms with Gasteiger partial charge < -0.3 is 10.0 Å². The number of anilines is 1. The first-order valence-electron chi connectivity index (χ1n) is 6.68. The van der Waals surface area contributed by atoms with Crippen molar-refractivity contribution in [3.05, 3.63) is 58.6 Å². The smallest absolute Gasteiger partial charge is 0.258 e. The molecule has 6 heteroatoms. The molecule has 3 nitrogen and oxygen atoms in total. The molecule has 22 heavy (non-hydrogen) atoms. The van der Waals surface area contributed by atoms with Crippen LogP contribution < -0.4 is 4.90 Å². The van der Waals surface area contributed by atoms with Crippen molar-refractivity contribution in [1.82, 2.24) is 0 Å². The highest BCUT2D eigenvalue weighted by Gasteiger charge is 2.19. The lowest BCUT2D eigenvalue weighted by Crippen LogP contribution is -2.31. The number of halogens is 3. The zero-order chi connectivity index (χ0) is 16.3. The molecule has 1 amide bonds. The molecule has 0 atom stereocenters. The Bertz CT molecular complexity index is 666. The van der Waals surface area contributed by atoms with E-state index in [1.54, 1.807) is 0 Å². The second-order valence-corrected chi connectivity index (χ2v) is 5.22. The minimum Gasteiger partial charge on any atom is -0.508 e. The molecule has 0 bridgehead atoms. The van der Waals surface area contributed by atoms with E-state index in [2.05, 4.69) is 0 Å². The first-order chi connectivity index (χ1) is 10.4. The van der Waals surface area contributed by atoms with Crippen LogP contribution in [-0.4, -0.2) is 17.6 Å². The van der Waals surface area contributed by atoms with Gasteiger partial charge in [-0.1, -0.05) is 18.5 Å². The van der Waals surface area contributed by atoms with Crippen molar-refractivity contribution in [3.63, 3.8) is 0 Å². The number of carbonyl (C=O) groups excluding carboxylic acids is 1. The second-order valence-electron chi connectivity index (χ2n) is 4.78. The highest BCUT2D eigenvalue weighted by atomic mass is 35.5. The van der Waals surface area contributed by atoms with Crippen LogP contribution in [0.2, 0.25) is 5.02 Å². The number of carbonyl (C=O) groups is 1. The van der Waals surface area contributed by atoms with Gasteiger partial charge in [-0.05, 0) is 36.8 Å². The zero-order valence-electron chi connectivity index (χ0n) is 11.8. The first kappa shape index (κ1) is 16.2. The molecule has 116 valence electrons. The van der Waals surface area contributed by atoms with Crippen molar-refractivity contribution in [3.8, 4) is 5.75 Å². The van der Waals surface area contributed by atoms with E-state index in [1.807, 2.05) is 6.92 Å². The normalized spacial score (nSPS) is 10.5. The summed E-state index contributed by atoms with van der Waals surface area (Å²) in [5.74, 6) is -2.18. The van der Waals surface area contributed by atoms with E-state index in [0.717, 1.165) is 18.2 Å².